The number of nitrogens with one attached hydrogen (secondary N) is 2. The number of benzene rings is 3. The van der Waals surface area contributed by atoms with Crippen LogP contribution in [0.25, 0.3) is 27.4 Å². The molecule has 7 nitrogen and oxygen atoms in total. The maximum Gasteiger partial charge on any atom is 0.274 e. The molecular weight excluding hydrogens is 396 g/mol. The van der Waals surface area contributed by atoms with E-state index < -0.39 is 5.91 Å². The van der Waals surface area contributed by atoms with Crippen molar-refractivity contribution < 1.29 is 24.2 Å². The highest BCUT2D eigenvalue weighted by Crippen LogP contribution is 2.41. The van der Waals surface area contributed by atoms with E-state index in [0.717, 1.165) is 38.5 Å². The van der Waals surface area contributed by atoms with E-state index in [0.29, 0.717) is 22.8 Å². The average molecular weight is 418 g/mol. The van der Waals surface area contributed by atoms with Crippen molar-refractivity contribution in [2.75, 3.05) is 21.3 Å². The molecule has 4 aromatic rings. The van der Waals surface area contributed by atoms with Gasteiger partial charge in [0.05, 0.1) is 21.3 Å². The molecule has 0 aliphatic carbocycles. The quantitative estimate of drug-likeness (QED) is 0.316. The maximum absolute atomic E-state index is 11.8. The van der Waals surface area contributed by atoms with Crippen LogP contribution in [-0.2, 0) is 0 Å². The van der Waals surface area contributed by atoms with Gasteiger partial charge in [0.2, 0.25) is 5.75 Å². The van der Waals surface area contributed by atoms with E-state index in [4.69, 9.17) is 19.4 Å². The second-order valence-corrected chi connectivity index (χ2v) is 6.98. The largest absolute Gasteiger partial charge is 0.493 e. The van der Waals surface area contributed by atoms with Crippen molar-refractivity contribution in [2.45, 2.75) is 0 Å². The molecule has 0 atom stereocenters. The van der Waals surface area contributed by atoms with Gasteiger partial charge in [-0.1, -0.05) is 12.6 Å². The van der Waals surface area contributed by atoms with Crippen molar-refractivity contribution in [3.05, 3.63) is 71.8 Å². The van der Waals surface area contributed by atoms with Gasteiger partial charge in [-0.05, 0) is 59.2 Å². The summed E-state index contributed by atoms with van der Waals surface area (Å²) in [6, 6.07) is 14.9. The molecule has 1 heterocycles. The van der Waals surface area contributed by atoms with Gasteiger partial charge in [0, 0.05) is 27.4 Å². The maximum atomic E-state index is 11.8. The smallest absolute Gasteiger partial charge is 0.274 e. The molecule has 0 aliphatic heterocycles. The summed E-state index contributed by atoms with van der Waals surface area (Å²) in [5.74, 6) is 1.05. The first-order valence-corrected chi connectivity index (χ1v) is 9.50. The van der Waals surface area contributed by atoms with Gasteiger partial charge in [-0.25, -0.2) is 5.48 Å². The lowest BCUT2D eigenvalue weighted by molar-refractivity contribution is 0.0706. The van der Waals surface area contributed by atoms with Gasteiger partial charge in [0.25, 0.3) is 5.91 Å². The molecule has 3 aromatic carbocycles. The Labute approximate surface area is 178 Å². The molecule has 0 spiro atoms. The summed E-state index contributed by atoms with van der Waals surface area (Å²) in [6.45, 7) is 4.27. The van der Waals surface area contributed by atoms with Gasteiger partial charge in [-0.2, -0.15) is 0 Å². The molecule has 3 N–H and O–H groups in total. The Morgan fingerprint density at radius 2 is 1.39 bits per heavy atom. The number of amides is 1. The molecule has 0 saturated carbocycles. The monoisotopic (exact) mass is 418 g/mol. The van der Waals surface area contributed by atoms with E-state index in [2.05, 4.69) is 11.6 Å². The van der Waals surface area contributed by atoms with Crippen LogP contribution in [0.4, 0.5) is 0 Å². The van der Waals surface area contributed by atoms with E-state index in [1.807, 2.05) is 36.4 Å². The van der Waals surface area contributed by atoms with Crippen molar-refractivity contribution in [1.29, 1.82) is 0 Å². The molecule has 0 fully saturated rings. The number of H-pyrrole nitrogens is 1. The van der Waals surface area contributed by atoms with Crippen LogP contribution >= 0.6 is 0 Å². The van der Waals surface area contributed by atoms with Crippen LogP contribution in [0.3, 0.4) is 0 Å². The van der Waals surface area contributed by atoms with Gasteiger partial charge < -0.3 is 19.2 Å². The number of carbonyl (C=O) groups is 1. The zero-order chi connectivity index (χ0) is 22.1. The molecule has 0 bridgehead atoms. The highest BCUT2D eigenvalue weighted by Gasteiger charge is 2.16. The standard InChI is InChI=1S/C24H22N2O5/c1-13(16-11-21(29-2)23(31-4)22(12-16)30-3)14-5-7-19-17(9-14)18-10-15(24(27)26-28)6-8-20(18)25-19/h5-12,25,28H,1H2,2-4H3,(H,26,27). The van der Waals surface area contributed by atoms with Gasteiger partial charge in [-0.3, -0.25) is 10.0 Å². The fraction of sp³-hybridized carbons (Fsp3) is 0.125. The van der Waals surface area contributed by atoms with Crippen LogP contribution < -0.4 is 19.7 Å². The first-order chi connectivity index (χ1) is 15.0. The number of aromatic nitrogens is 1. The van der Waals surface area contributed by atoms with E-state index in [-0.39, 0.29) is 0 Å². The Balaban J connectivity index is 1.83. The van der Waals surface area contributed by atoms with E-state index in [1.54, 1.807) is 38.9 Å². The number of fused-ring (bicyclic) bond motifs is 3. The molecule has 158 valence electrons. The Hall–Kier alpha value is -3.97. The summed E-state index contributed by atoms with van der Waals surface area (Å²) in [6.07, 6.45) is 0. The number of hydrogen-bond donors (Lipinski definition) is 3. The summed E-state index contributed by atoms with van der Waals surface area (Å²) in [7, 11) is 4.70. The summed E-state index contributed by atoms with van der Waals surface area (Å²) in [4.78, 5) is 15.2. The number of carbonyl (C=O) groups excluding carboxylic acids is 1. The van der Waals surface area contributed by atoms with Crippen LogP contribution in [-0.4, -0.2) is 37.4 Å². The third kappa shape index (κ3) is 3.45. The molecule has 0 radical (unpaired) electrons. The van der Waals surface area contributed by atoms with Gasteiger partial charge in [0.15, 0.2) is 11.5 Å². The fourth-order valence-electron chi connectivity index (χ4n) is 3.71. The van der Waals surface area contributed by atoms with Crippen LogP contribution in [0.1, 0.15) is 21.5 Å². The van der Waals surface area contributed by atoms with E-state index in [9.17, 15) is 4.79 Å². The van der Waals surface area contributed by atoms with Crippen molar-refractivity contribution in [3.8, 4) is 17.2 Å². The molecule has 0 unspecified atom stereocenters. The normalized spacial score (nSPS) is 10.8. The SMILES string of the molecule is C=C(c1cc(OC)c(OC)c(OC)c1)c1ccc2[nH]c3ccc(C(=O)NO)cc3c2c1. The number of hydrogen-bond acceptors (Lipinski definition) is 5. The van der Waals surface area contributed by atoms with Crippen molar-refractivity contribution in [1.82, 2.24) is 10.5 Å². The number of methoxy groups -OCH3 is 3. The predicted molar refractivity (Wildman–Crippen MR) is 119 cm³/mol. The van der Waals surface area contributed by atoms with Crippen LogP contribution in [0, 0.1) is 0 Å². The third-order valence-electron chi connectivity index (χ3n) is 5.32. The van der Waals surface area contributed by atoms with Gasteiger partial charge in [-0.15, -0.1) is 0 Å². The fourth-order valence-corrected chi connectivity index (χ4v) is 3.71. The molecule has 7 heteroatoms. The molecule has 0 aliphatic rings. The predicted octanol–water partition coefficient (Wildman–Crippen LogP) is 4.53. The average Bonchev–Trinajstić information content (AvgIpc) is 3.18. The van der Waals surface area contributed by atoms with Crippen molar-refractivity contribution in [2.24, 2.45) is 0 Å². The summed E-state index contributed by atoms with van der Waals surface area (Å²) >= 11 is 0. The molecule has 1 aromatic heterocycles. The minimum Gasteiger partial charge on any atom is -0.493 e. The van der Waals surface area contributed by atoms with Crippen molar-refractivity contribution >= 4 is 33.3 Å². The zero-order valence-electron chi connectivity index (χ0n) is 17.4. The van der Waals surface area contributed by atoms with Gasteiger partial charge >= 0.3 is 0 Å². The number of rotatable bonds is 6. The van der Waals surface area contributed by atoms with E-state index >= 15 is 0 Å². The molecule has 4 rings (SSSR count). The molecular formula is C24H22N2O5. The molecule has 31 heavy (non-hydrogen) atoms. The lowest BCUT2D eigenvalue weighted by atomic mass is 9.97. The van der Waals surface area contributed by atoms with Crippen LogP contribution in [0.2, 0.25) is 0 Å². The lowest BCUT2D eigenvalue weighted by Gasteiger charge is -2.15. The van der Waals surface area contributed by atoms with Crippen LogP contribution in [0.5, 0.6) is 17.2 Å². The first-order valence-electron chi connectivity index (χ1n) is 9.50. The van der Waals surface area contributed by atoms with Gasteiger partial charge in [0.1, 0.15) is 0 Å². The second kappa shape index (κ2) is 8.04. The Morgan fingerprint density at radius 1 is 0.839 bits per heavy atom. The highest BCUT2D eigenvalue weighted by atomic mass is 16.5. The Bertz CT molecular complexity index is 1300. The summed E-state index contributed by atoms with van der Waals surface area (Å²) in [5, 5.41) is 10.8. The topological polar surface area (TPSA) is 92.8 Å². The van der Waals surface area contributed by atoms with Crippen molar-refractivity contribution in [3.63, 3.8) is 0 Å². The zero-order valence-corrected chi connectivity index (χ0v) is 17.4. The lowest BCUT2D eigenvalue weighted by Crippen LogP contribution is -2.18. The molecule has 0 saturated heterocycles. The molecule has 1 amide bonds. The summed E-state index contributed by atoms with van der Waals surface area (Å²) < 4.78 is 16.3. The third-order valence-corrected chi connectivity index (χ3v) is 5.32. The number of aromatic amines is 1. The van der Waals surface area contributed by atoms with E-state index in [1.165, 1.54) is 0 Å². The Kier molecular flexibility index (Phi) is 5.27. The summed E-state index contributed by atoms with van der Waals surface area (Å²) in [5.41, 5.74) is 6.36. The number of hydroxylamine groups is 1. The first kappa shape index (κ1) is 20.3. The number of ether oxygens (including phenoxy) is 3. The second-order valence-electron chi connectivity index (χ2n) is 6.98. The minimum atomic E-state index is -0.561. The Morgan fingerprint density at radius 3 is 1.90 bits per heavy atom. The highest BCUT2D eigenvalue weighted by molar-refractivity contribution is 6.10. The minimum absolute atomic E-state index is 0.366. The van der Waals surface area contributed by atoms with Crippen LogP contribution in [0.15, 0.2) is 55.1 Å².